The van der Waals surface area contributed by atoms with Crippen LogP contribution in [0.4, 0.5) is 13.2 Å². The predicted octanol–water partition coefficient (Wildman–Crippen LogP) is 5.90. The van der Waals surface area contributed by atoms with Crippen molar-refractivity contribution in [3.05, 3.63) is 29.8 Å². The molecule has 25 heavy (non-hydrogen) atoms. The lowest BCUT2D eigenvalue weighted by Crippen LogP contribution is -2.30. The van der Waals surface area contributed by atoms with Crippen molar-refractivity contribution < 1.29 is 25.8 Å². The van der Waals surface area contributed by atoms with Crippen LogP contribution in [-0.4, -0.2) is 13.9 Å². The van der Waals surface area contributed by atoms with Crippen molar-refractivity contribution >= 4 is 10.1 Å². The van der Waals surface area contributed by atoms with E-state index >= 15 is 0 Å². The minimum atomic E-state index is -5.67. The molecule has 0 aromatic rings. The van der Waals surface area contributed by atoms with Gasteiger partial charge < -0.3 is 0 Å². The molecule has 0 spiro atoms. The molecular weight excluding hydrogens is 353 g/mol. The van der Waals surface area contributed by atoms with Gasteiger partial charge in [0.15, 0.2) is 0 Å². The molecule has 0 unspecified atom stereocenters. The molecule has 145 valence electrons. The van der Waals surface area contributed by atoms with Crippen LogP contribution < -0.4 is 0 Å². The second-order valence-electron chi connectivity index (χ2n) is 6.23. The number of alkyl halides is 3. The van der Waals surface area contributed by atoms with E-state index in [1.54, 1.807) is 0 Å². The lowest BCUT2D eigenvalue weighted by Gasteiger charge is -2.24. The van der Waals surface area contributed by atoms with Crippen LogP contribution in [0.5, 0.6) is 0 Å². The van der Waals surface area contributed by atoms with E-state index in [-0.39, 0.29) is 6.10 Å². The topological polar surface area (TPSA) is 43.4 Å². The first kappa shape index (κ1) is 22.7. The molecule has 1 aliphatic carbocycles. The standard InChI is InChI=1S/C18H28F3O3S/c1-5-9-13-14(10-6-2)16(12-8-4)17(15(13)11-7-3)24-25(22,23)18(19,20)21/h5-12H2,1-4H3. The number of hydrogen-bond acceptors (Lipinski definition) is 3. The maximum absolute atomic E-state index is 12.8. The maximum atomic E-state index is 12.8. The van der Waals surface area contributed by atoms with Crippen molar-refractivity contribution in [1.82, 2.24) is 0 Å². The van der Waals surface area contributed by atoms with Crippen molar-refractivity contribution in [1.29, 1.82) is 0 Å². The van der Waals surface area contributed by atoms with Crippen LogP contribution in [0.15, 0.2) is 0 Å². The monoisotopic (exact) mass is 381 g/mol. The fourth-order valence-corrected chi connectivity index (χ4v) is 3.73. The third-order valence-electron chi connectivity index (χ3n) is 4.12. The van der Waals surface area contributed by atoms with Gasteiger partial charge in [0.05, 0.1) is 0 Å². The molecule has 0 aliphatic heterocycles. The first-order valence-electron chi connectivity index (χ1n) is 8.97. The lowest BCUT2D eigenvalue weighted by atomic mass is 9.79. The molecule has 1 rings (SSSR count). The van der Waals surface area contributed by atoms with Crippen LogP contribution in [0.1, 0.15) is 79.1 Å². The van der Waals surface area contributed by atoms with Crippen LogP contribution in [0.25, 0.3) is 0 Å². The summed E-state index contributed by atoms with van der Waals surface area (Å²) in [6.45, 7) is 7.85. The molecular formula is C18H28F3O3S. The van der Waals surface area contributed by atoms with Crippen LogP contribution in [0.2, 0.25) is 0 Å². The summed E-state index contributed by atoms with van der Waals surface area (Å²) in [5, 5.41) is 0. The van der Waals surface area contributed by atoms with Crippen molar-refractivity contribution in [2.75, 3.05) is 0 Å². The molecule has 0 amide bonds. The second kappa shape index (κ2) is 9.58. The van der Waals surface area contributed by atoms with E-state index in [1.807, 2.05) is 27.7 Å². The molecule has 0 aromatic carbocycles. The van der Waals surface area contributed by atoms with E-state index in [2.05, 4.69) is 0 Å². The minimum Gasteiger partial charge on any atom is -0.252 e. The quantitative estimate of drug-likeness (QED) is 0.350. The van der Waals surface area contributed by atoms with Crippen LogP contribution in [-0.2, 0) is 14.3 Å². The Labute approximate surface area is 150 Å². The lowest BCUT2D eigenvalue weighted by molar-refractivity contribution is -0.0535. The molecule has 0 heterocycles. The third-order valence-corrected chi connectivity index (χ3v) is 5.07. The second-order valence-corrected chi connectivity index (χ2v) is 7.76. The SMILES string of the molecule is CCC[C]1[C](CCC)[C](CCC)[C](OS(=O)(=O)C(F)(F)F)[C]1CCC. The molecule has 0 atom stereocenters. The molecule has 3 nitrogen and oxygen atoms in total. The van der Waals surface area contributed by atoms with Gasteiger partial charge in [0.1, 0.15) is 6.10 Å². The summed E-state index contributed by atoms with van der Waals surface area (Å²) >= 11 is 0. The van der Waals surface area contributed by atoms with Crippen LogP contribution >= 0.6 is 0 Å². The van der Waals surface area contributed by atoms with E-state index < -0.39 is 15.6 Å². The summed E-state index contributed by atoms with van der Waals surface area (Å²) in [6, 6.07) is 0. The molecule has 0 N–H and O–H groups in total. The van der Waals surface area contributed by atoms with Gasteiger partial charge in [-0.15, -0.1) is 0 Å². The van der Waals surface area contributed by atoms with Gasteiger partial charge in [-0.05, 0) is 37.5 Å². The molecule has 7 heteroatoms. The highest BCUT2D eigenvalue weighted by molar-refractivity contribution is 7.87. The Balaban J connectivity index is 3.25. The highest BCUT2D eigenvalue weighted by Crippen LogP contribution is 2.60. The van der Waals surface area contributed by atoms with E-state index in [9.17, 15) is 21.6 Å². The molecule has 1 aliphatic rings. The normalized spacial score (nSPS) is 20.0. The zero-order chi connectivity index (χ0) is 19.3. The summed E-state index contributed by atoms with van der Waals surface area (Å²) in [5.74, 6) is 3.26. The smallest absolute Gasteiger partial charge is 0.252 e. The Kier molecular flexibility index (Phi) is 8.72. The Hall–Kier alpha value is -0.300. The number of hydrogen-bond donors (Lipinski definition) is 0. The predicted molar refractivity (Wildman–Crippen MR) is 91.9 cm³/mol. The Morgan fingerprint density at radius 3 is 1.32 bits per heavy atom. The summed E-state index contributed by atoms with van der Waals surface area (Å²) in [4.78, 5) is 0. The van der Waals surface area contributed by atoms with Gasteiger partial charge in [-0.1, -0.05) is 53.4 Å². The zero-order valence-electron chi connectivity index (χ0n) is 15.4. The van der Waals surface area contributed by atoms with E-state index in [1.165, 1.54) is 0 Å². The average Bonchev–Trinajstić information content (AvgIpc) is 2.74. The number of rotatable bonds is 10. The van der Waals surface area contributed by atoms with E-state index in [0.717, 1.165) is 37.5 Å². The zero-order valence-corrected chi connectivity index (χ0v) is 16.2. The fourth-order valence-electron chi connectivity index (χ4n) is 3.21. The van der Waals surface area contributed by atoms with Gasteiger partial charge in [-0.25, -0.2) is 0 Å². The van der Waals surface area contributed by atoms with E-state index in [4.69, 9.17) is 4.18 Å². The summed E-state index contributed by atoms with van der Waals surface area (Å²) in [5.41, 5.74) is -5.42. The van der Waals surface area contributed by atoms with Crippen molar-refractivity contribution in [3.8, 4) is 0 Å². The molecule has 5 radical (unpaired) electrons. The van der Waals surface area contributed by atoms with Gasteiger partial charge in [-0.3, -0.25) is 4.18 Å². The van der Waals surface area contributed by atoms with Crippen molar-refractivity contribution in [2.45, 2.75) is 84.6 Å². The first-order chi connectivity index (χ1) is 11.6. The van der Waals surface area contributed by atoms with Crippen molar-refractivity contribution in [2.24, 2.45) is 0 Å². The third kappa shape index (κ3) is 5.34. The fraction of sp³-hybridized carbons (Fsp3) is 0.722. The molecule has 1 saturated carbocycles. The average molecular weight is 381 g/mol. The minimum absolute atomic E-state index is 0.0621. The van der Waals surface area contributed by atoms with Crippen LogP contribution in [0, 0.1) is 29.8 Å². The largest absolute Gasteiger partial charge is 0.523 e. The van der Waals surface area contributed by atoms with Crippen LogP contribution in [0.3, 0.4) is 0 Å². The summed E-state index contributed by atoms with van der Waals surface area (Å²) in [7, 11) is -5.67. The molecule has 0 aromatic heterocycles. The highest BCUT2D eigenvalue weighted by Gasteiger charge is 2.57. The van der Waals surface area contributed by atoms with E-state index in [0.29, 0.717) is 37.5 Å². The first-order valence-corrected chi connectivity index (χ1v) is 10.4. The molecule has 1 fully saturated rings. The van der Waals surface area contributed by atoms with Gasteiger partial charge in [0, 0.05) is 11.8 Å². The van der Waals surface area contributed by atoms with Crippen molar-refractivity contribution in [3.63, 3.8) is 0 Å². The Bertz CT molecular complexity index is 468. The summed E-state index contributed by atoms with van der Waals surface area (Å²) < 4.78 is 66.5. The van der Waals surface area contributed by atoms with Gasteiger partial charge in [-0.2, -0.15) is 21.6 Å². The van der Waals surface area contributed by atoms with Gasteiger partial charge >= 0.3 is 15.6 Å². The maximum Gasteiger partial charge on any atom is 0.523 e. The number of halogens is 3. The highest BCUT2D eigenvalue weighted by atomic mass is 32.2. The molecule has 0 bridgehead atoms. The van der Waals surface area contributed by atoms with Gasteiger partial charge in [0.25, 0.3) is 0 Å². The Morgan fingerprint density at radius 2 is 1.04 bits per heavy atom. The van der Waals surface area contributed by atoms with Gasteiger partial charge in [0.2, 0.25) is 0 Å². The Morgan fingerprint density at radius 1 is 0.720 bits per heavy atom. The summed E-state index contributed by atoms with van der Waals surface area (Å²) in [6.07, 6.45) is 5.50. The molecule has 0 saturated heterocycles.